The zero-order chi connectivity index (χ0) is 31.1. The minimum Gasteiger partial charge on any atom is -0.310 e. The molecule has 46 heavy (non-hydrogen) atoms. The van der Waals surface area contributed by atoms with Gasteiger partial charge < -0.3 is 4.90 Å². The first-order valence-corrected chi connectivity index (χ1v) is 16.1. The highest BCUT2D eigenvalue weighted by Crippen LogP contribution is 2.53. The van der Waals surface area contributed by atoms with Crippen LogP contribution in [0, 0.1) is 0 Å². The molecular formula is C42H36N4. The second-order valence-corrected chi connectivity index (χ2v) is 12.7. The standard InChI is InChI=1S/C42H36N4/c1-41(2)36-21-9-10-22-38(36)46(39-30-34(24-25-37(39)41)45-28-14-27-44-45)35-20-13-19-33(29-35)42(31-15-5-3-6-16-31,32-17-7-4-8-18-32)40-23-11-12-26-43-40/h3,5-7,9-30H,4,8H2,1-2H3. The number of fused-ring (bicyclic) bond motifs is 2. The molecule has 0 fully saturated rings. The maximum absolute atomic E-state index is 5.05. The number of anilines is 3. The summed E-state index contributed by atoms with van der Waals surface area (Å²) in [5.41, 5.74) is 10.9. The van der Waals surface area contributed by atoms with E-state index in [2.05, 4.69) is 151 Å². The summed E-state index contributed by atoms with van der Waals surface area (Å²) in [5, 5.41) is 4.56. The van der Waals surface area contributed by atoms with E-state index in [4.69, 9.17) is 4.98 Å². The second kappa shape index (κ2) is 11.1. The molecule has 0 bridgehead atoms. The SMILES string of the molecule is CC1(C)c2ccccc2N(c2cccc(C(C3=CCCC=C3)(c3ccccc3)c3ccccn3)c2)c2cc(-n3cccn3)ccc21. The number of allylic oxidation sites excluding steroid dienone is 4. The number of benzene rings is 4. The summed E-state index contributed by atoms with van der Waals surface area (Å²) in [4.78, 5) is 7.49. The zero-order valence-corrected chi connectivity index (χ0v) is 26.2. The molecule has 0 spiro atoms. The van der Waals surface area contributed by atoms with E-state index in [0.717, 1.165) is 35.6 Å². The third-order valence-electron chi connectivity index (χ3n) is 9.70. The van der Waals surface area contributed by atoms with Gasteiger partial charge in [0.25, 0.3) is 0 Å². The van der Waals surface area contributed by atoms with E-state index >= 15 is 0 Å². The van der Waals surface area contributed by atoms with Crippen molar-refractivity contribution >= 4 is 17.1 Å². The molecule has 2 aliphatic rings. The number of nitrogens with zero attached hydrogens (tertiary/aromatic N) is 4. The Kier molecular flexibility index (Phi) is 6.79. The highest BCUT2D eigenvalue weighted by molar-refractivity contribution is 5.87. The van der Waals surface area contributed by atoms with Crippen molar-refractivity contribution in [3.05, 3.63) is 192 Å². The maximum atomic E-state index is 5.05. The third-order valence-corrected chi connectivity index (χ3v) is 9.70. The second-order valence-electron chi connectivity index (χ2n) is 12.7. The van der Waals surface area contributed by atoms with Gasteiger partial charge in [0.15, 0.2) is 0 Å². The van der Waals surface area contributed by atoms with Crippen LogP contribution in [0.15, 0.2) is 164 Å². The molecule has 0 saturated heterocycles. The Hall–Kier alpha value is -5.48. The van der Waals surface area contributed by atoms with Crippen LogP contribution >= 0.6 is 0 Å². The van der Waals surface area contributed by atoms with Crippen molar-refractivity contribution in [2.45, 2.75) is 37.5 Å². The Balaban J connectivity index is 1.40. The number of pyridine rings is 1. The van der Waals surface area contributed by atoms with Gasteiger partial charge in [0.05, 0.1) is 28.2 Å². The van der Waals surface area contributed by atoms with E-state index in [-0.39, 0.29) is 5.41 Å². The van der Waals surface area contributed by atoms with Gasteiger partial charge >= 0.3 is 0 Å². The highest BCUT2D eigenvalue weighted by atomic mass is 15.3. The quantitative estimate of drug-likeness (QED) is 0.192. The van der Waals surface area contributed by atoms with Crippen LogP contribution in [0.1, 0.15) is 54.6 Å². The minimum atomic E-state index is -0.593. The molecule has 3 heterocycles. The van der Waals surface area contributed by atoms with Crippen molar-refractivity contribution in [1.82, 2.24) is 14.8 Å². The van der Waals surface area contributed by atoms with Gasteiger partial charge in [-0.3, -0.25) is 4.98 Å². The summed E-state index contributed by atoms with van der Waals surface area (Å²) >= 11 is 0. The fourth-order valence-corrected chi connectivity index (χ4v) is 7.53. The molecule has 1 aliphatic carbocycles. The summed E-state index contributed by atoms with van der Waals surface area (Å²) in [6.45, 7) is 4.66. The summed E-state index contributed by atoms with van der Waals surface area (Å²) < 4.78 is 1.94. The Morgan fingerprint density at radius 2 is 1.46 bits per heavy atom. The smallest absolute Gasteiger partial charge is 0.0871 e. The lowest BCUT2D eigenvalue weighted by Gasteiger charge is -2.43. The van der Waals surface area contributed by atoms with Crippen LogP contribution in [0.5, 0.6) is 0 Å². The molecular weight excluding hydrogens is 560 g/mol. The Morgan fingerprint density at radius 1 is 0.652 bits per heavy atom. The average Bonchev–Trinajstić information content (AvgIpc) is 3.66. The van der Waals surface area contributed by atoms with Crippen LogP contribution in [0.3, 0.4) is 0 Å². The molecule has 4 heteroatoms. The predicted molar refractivity (Wildman–Crippen MR) is 187 cm³/mol. The van der Waals surface area contributed by atoms with Crippen molar-refractivity contribution in [3.63, 3.8) is 0 Å². The molecule has 1 atom stereocenters. The first-order valence-electron chi connectivity index (χ1n) is 16.1. The summed E-state index contributed by atoms with van der Waals surface area (Å²) in [7, 11) is 0. The zero-order valence-electron chi connectivity index (χ0n) is 26.2. The number of rotatable bonds is 6. The Labute approximate surface area is 271 Å². The molecule has 0 N–H and O–H groups in total. The molecule has 1 unspecified atom stereocenters. The van der Waals surface area contributed by atoms with Crippen LogP contribution in [0.4, 0.5) is 17.1 Å². The van der Waals surface area contributed by atoms with E-state index in [0.29, 0.717) is 0 Å². The topological polar surface area (TPSA) is 34.0 Å². The van der Waals surface area contributed by atoms with Gasteiger partial charge in [-0.2, -0.15) is 5.10 Å². The van der Waals surface area contributed by atoms with Crippen LogP contribution in [-0.2, 0) is 10.8 Å². The van der Waals surface area contributed by atoms with E-state index in [9.17, 15) is 0 Å². The number of aromatic nitrogens is 3. The fraction of sp³-hybridized carbons (Fsp3) is 0.143. The molecule has 4 nitrogen and oxygen atoms in total. The average molecular weight is 597 g/mol. The van der Waals surface area contributed by atoms with Crippen molar-refractivity contribution in [3.8, 4) is 5.69 Å². The lowest BCUT2D eigenvalue weighted by molar-refractivity contribution is 0.631. The molecule has 0 amide bonds. The monoisotopic (exact) mass is 596 g/mol. The fourth-order valence-electron chi connectivity index (χ4n) is 7.53. The van der Waals surface area contributed by atoms with Crippen LogP contribution in [0.2, 0.25) is 0 Å². The van der Waals surface area contributed by atoms with E-state index in [1.54, 1.807) is 0 Å². The Bertz CT molecular complexity index is 2030. The van der Waals surface area contributed by atoms with Crippen molar-refractivity contribution in [2.24, 2.45) is 0 Å². The lowest BCUT2D eigenvalue weighted by Crippen LogP contribution is -2.33. The number of hydrogen-bond donors (Lipinski definition) is 0. The number of hydrogen-bond acceptors (Lipinski definition) is 3. The normalized spacial score (nSPS) is 16.2. The first kappa shape index (κ1) is 28.0. The molecule has 224 valence electrons. The van der Waals surface area contributed by atoms with E-state index in [1.165, 1.54) is 33.5 Å². The summed E-state index contributed by atoms with van der Waals surface area (Å²) in [6.07, 6.45) is 14.8. The molecule has 4 aromatic carbocycles. The van der Waals surface area contributed by atoms with Gasteiger partial charge in [0.2, 0.25) is 0 Å². The molecule has 1 aliphatic heterocycles. The Morgan fingerprint density at radius 3 is 2.24 bits per heavy atom. The van der Waals surface area contributed by atoms with Crippen molar-refractivity contribution < 1.29 is 0 Å². The molecule has 0 saturated carbocycles. The maximum Gasteiger partial charge on any atom is 0.0871 e. The minimum absolute atomic E-state index is 0.178. The first-order chi connectivity index (χ1) is 22.6. The van der Waals surface area contributed by atoms with Gasteiger partial charge in [0.1, 0.15) is 0 Å². The summed E-state index contributed by atoms with van der Waals surface area (Å²) in [6, 6.07) is 43.8. The molecule has 8 rings (SSSR count). The number of para-hydroxylation sites is 1. The van der Waals surface area contributed by atoms with Gasteiger partial charge in [-0.05, 0) is 89.2 Å². The van der Waals surface area contributed by atoms with Crippen molar-refractivity contribution in [2.75, 3.05) is 4.90 Å². The van der Waals surface area contributed by atoms with Crippen LogP contribution in [0.25, 0.3) is 5.69 Å². The van der Waals surface area contributed by atoms with E-state index < -0.39 is 5.41 Å². The predicted octanol–water partition coefficient (Wildman–Crippen LogP) is 9.99. The summed E-state index contributed by atoms with van der Waals surface area (Å²) in [5.74, 6) is 0. The largest absolute Gasteiger partial charge is 0.310 e. The van der Waals surface area contributed by atoms with E-state index in [1.807, 2.05) is 35.4 Å². The molecule has 0 radical (unpaired) electrons. The van der Waals surface area contributed by atoms with Gasteiger partial charge in [-0.25, -0.2) is 4.68 Å². The van der Waals surface area contributed by atoms with Crippen LogP contribution in [-0.4, -0.2) is 14.8 Å². The van der Waals surface area contributed by atoms with Crippen LogP contribution < -0.4 is 4.90 Å². The highest BCUT2D eigenvalue weighted by Gasteiger charge is 2.42. The van der Waals surface area contributed by atoms with Gasteiger partial charge in [-0.15, -0.1) is 0 Å². The van der Waals surface area contributed by atoms with Gasteiger partial charge in [-0.1, -0.05) is 105 Å². The molecule has 2 aromatic heterocycles. The lowest BCUT2D eigenvalue weighted by atomic mass is 9.65. The van der Waals surface area contributed by atoms with Crippen molar-refractivity contribution in [1.29, 1.82) is 0 Å². The molecule has 6 aromatic rings. The third kappa shape index (κ3) is 4.36. The van der Waals surface area contributed by atoms with Gasteiger partial charge in [0, 0.05) is 29.7 Å².